The molecule has 0 radical (unpaired) electrons. The summed E-state index contributed by atoms with van der Waals surface area (Å²) in [6.07, 6.45) is 1.75. The number of carbonyl (C=O) groups excluding carboxylic acids is 1. The van der Waals surface area contributed by atoms with Gasteiger partial charge in [0.2, 0.25) is 0 Å². The SMILES string of the molecule is CNc1snc(C)c1C(=O)N(C)CC(O)C1CC1. The molecule has 0 saturated heterocycles. The summed E-state index contributed by atoms with van der Waals surface area (Å²) in [7, 11) is 3.51. The van der Waals surface area contributed by atoms with Gasteiger partial charge in [0.15, 0.2) is 0 Å². The van der Waals surface area contributed by atoms with E-state index in [0.29, 0.717) is 18.0 Å². The molecular weight excluding hydrogens is 250 g/mol. The van der Waals surface area contributed by atoms with Crippen LogP contribution in [-0.4, -0.2) is 47.0 Å². The molecule has 1 aromatic heterocycles. The highest BCUT2D eigenvalue weighted by Gasteiger charge is 2.32. The molecule has 1 fully saturated rings. The van der Waals surface area contributed by atoms with Crippen LogP contribution in [0.3, 0.4) is 0 Å². The topological polar surface area (TPSA) is 65.5 Å². The van der Waals surface area contributed by atoms with Crippen molar-refractivity contribution in [1.82, 2.24) is 9.27 Å². The van der Waals surface area contributed by atoms with Crippen molar-refractivity contribution in [2.45, 2.75) is 25.9 Å². The number of nitrogens with one attached hydrogen (secondary N) is 1. The number of nitrogens with zero attached hydrogens (tertiary/aromatic N) is 2. The van der Waals surface area contributed by atoms with E-state index < -0.39 is 6.10 Å². The van der Waals surface area contributed by atoms with Crippen LogP contribution in [-0.2, 0) is 0 Å². The van der Waals surface area contributed by atoms with Crippen LogP contribution >= 0.6 is 11.5 Å². The molecule has 2 rings (SSSR count). The summed E-state index contributed by atoms with van der Waals surface area (Å²) < 4.78 is 4.19. The van der Waals surface area contributed by atoms with E-state index in [9.17, 15) is 9.90 Å². The van der Waals surface area contributed by atoms with Gasteiger partial charge in [-0.1, -0.05) is 0 Å². The number of hydrogen-bond acceptors (Lipinski definition) is 5. The first-order chi connectivity index (χ1) is 8.54. The Bertz CT molecular complexity index is 443. The van der Waals surface area contributed by atoms with Gasteiger partial charge in [0.1, 0.15) is 5.00 Å². The van der Waals surface area contributed by atoms with E-state index in [1.54, 1.807) is 19.0 Å². The predicted molar refractivity (Wildman–Crippen MR) is 72.1 cm³/mol. The monoisotopic (exact) mass is 269 g/mol. The standard InChI is InChI=1S/C12H19N3O2S/c1-7-10(11(13-2)18-14-7)12(17)15(3)6-9(16)8-4-5-8/h8-9,13,16H,4-6H2,1-3H3. The molecule has 2 N–H and O–H groups in total. The lowest BCUT2D eigenvalue weighted by Gasteiger charge is -2.21. The first-order valence-electron chi connectivity index (χ1n) is 6.12. The van der Waals surface area contributed by atoms with Gasteiger partial charge in [-0.2, -0.15) is 4.37 Å². The number of aromatic nitrogens is 1. The molecule has 1 aliphatic carbocycles. The number of rotatable bonds is 5. The molecule has 1 amide bonds. The van der Waals surface area contributed by atoms with Crippen molar-refractivity contribution in [3.8, 4) is 0 Å². The molecule has 0 aromatic carbocycles. The maximum atomic E-state index is 12.3. The van der Waals surface area contributed by atoms with Gasteiger partial charge in [-0.25, -0.2) is 0 Å². The van der Waals surface area contributed by atoms with Crippen molar-refractivity contribution in [2.75, 3.05) is 26.0 Å². The van der Waals surface area contributed by atoms with Gasteiger partial charge in [0.25, 0.3) is 5.91 Å². The summed E-state index contributed by atoms with van der Waals surface area (Å²) in [4.78, 5) is 13.9. The highest BCUT2D eigenvalue weighted by molar-refractivity contribution is 7.10. The Morgan fingerprint density at radius 3 is 2.89 bits per heavy atom. The number of aryl methyl sites for hydroxylation is 1. The largest absolute Gasteiger partial charge is 0.391 e. The van der Waals surface area contributed by atoms with Crippen molar-refractivity contribution >= 4 is 22.4 Å². The third-order valence-electron chi connectivity index (χ3n) is 3.28. The molecule has 0 bridgehead atoms. The normalized spacial score (nSPS) is 16.4. The van der Waals surface area contributed by atoms with Gasteiger partial charge in [-0.3, -0.25) is 4.79 Å². The first kappa shape index (κ1) is 13.3. The molecular formula is C12H19N3O2S. The van der Waals surface area contributed by atoms with Crippen LogP contribution in [0.25, 0.3) is 0 Å². The van der Waals surface area contributed by atoms with Crippen molar-refractivity contribution in [2.24, 2.45) is 5.92 Å². The van der Waals surface area contributed by atoms with Crippen molar-refractivity contribution < 1.29 is 9.90 Å². The fourth-order valence-electron chi connectivity index (χ4n) is 1.98. The van der Waals surface area contributed by atoms with E-state index >= 15 is 0 Å². The van der Waals surface area contributed by atoms with Crippen LogP contribution in [0.4, 0.5) is 5.00 Å². The zero-order valence-electron chi connectivity index (χ0n) is 10.9. The molecule has 1 aliphatic rings. The Kier molecular flexibility index (Phi) is 3.87. The maximum Gasteiger partial charge on any atom is 0.258 e. The Morgan fingerprint density at radius 1 is 1.67 bits per heavy atom. The van der Waals surface area contributed by atoms with Crippen LogP contribution in [0.15, 0.2) is 0 Å². The minimum atomic E-state index is -0.399. The fourth-order valence-corrected chi connectivity index (χ4v) is 2.71. The highest BCUT2D eigenvalue weighted by Crippen LogP contribution is 2.33. The lowest BCUT2D eigenvalue weighted by molar-refractivity contribution is 0.0645. The lowest BCUT2D eigenvalue weighted by Crippen LogP contribution is -2.35. The van der Waals surface area contributed by atoms with Crippen molar-refractivity contribution in [3.05, 3.63) is 11.3 Å². The summed E-state index contributed by atoms with van der Waals surface area (Å²) in [6.45, 7) is 2.22. The number of aliphatic hydroxyl groups is 1. The third kappa shape index (κ3) is 2.64. The third-order valence-corrected chi connectivity index (χ3v) is 4.23. The Hall–Kier alpha value is -1.14. The summed E-state index contributed by atoms with van der Waals surface area (Å²) in [5.41, 5.74) is 1.36. The zero-order valence-corrected chi connectivity index (χ0v) is 11.8. The van der Waals surface area contributed by atoms with Crippen molar-refractivity contribution in [3.63, 3.8) is 0 Å². The molecule has 0 spiro atoms. The van der Waals surface area contributed by atoms with E-state index in [4.69, 9.17) is 0 Å². The summed E-state index contributed by atoms with van der Waals surface area (Å²) in [5, 5.41) is 13.6. The highest BCUT2D eigenvalue weighted by atomic mass is 32.1. The van der Waals surface area contributed by atoms with Crippen LogP contribution in [0, 0.1) is 12.8 Å². The zero-order chi connectivity index (χ0) is 13.3. The average molecular weight is 269 g/mol. The van der Waals surface area contributed by atoms with Crippen LogP contribution < -0.4 is 5.32 Å². The second-order valence-electron chi connectivity index (χ2n) is 4.81. The molecule has 6 heteroatoms. The minimum Gasteiger partial charge on any atom is -0.391 e. The van der Waals surface area contributed by atoms with E-state index in [2.05, 4.69) is 9.69 Å². The maximum absolute atomic E-state index is 12.3. The molecule has 100 valence electrons. The van der Waals surface area contributed by atoms with E-state index in [-0.39, 0.29) is 5.91 Å². The summed E-state index contributed by atoms with van der Waals surface area (Å²) in [5.74, 6) is 0.302. The second kappa shape index (κ2) is 5.24. The van der Waals surface area contributed by atoms with Crippen molar-refractivity contribution in [1.29, 1.82) is 0 Å². The Morgan fingerprint density at radius 2 is 2.33 bits per heavy atom. The van der Waals surface area contributed by atoms with E-state index in [1.807, 2.05) is 6.92 Å². The number of likely N-dealkylation sites (N-methyl/N-ethyl adjacent to an activating group) is 1. The van der Waals surface area contributed by atoms with Crippen LogP contribution in [0.5, 0.6) is 0 Å². The first-order valence-corrected chi connectivity index (χ1v) is 6.89. The average Bonchev–Trinajstić information content (AvgIpc) is 3.12. The minimum absolute atomic E-state index is 0.0784. The summed E-state index contributed by atoms with van der Waals surface area (Å²) in [6, 6.07) is 0. The molecule has 1 unspecified atom stereocenters. The Labute approximate surface area is 111 Å². The fraction of sp³-hybridized carbons (Fsp3) is 0.667. The number of hydrogen-bond donors (Lipinski definition) is 2. The second-order valence-corrected chi connectivity index (χ2v) is 5.59. The van der Waals surface area contributed by atoms with Gasteiger partial charge in [-0.05, 0) is 37.2 Å². The van der Waals surface area contributed by atoms with Crippen LogP contribution in [0.2, 0.25) is 0 Å². The molecule has 0 aliphatic heterocycles. The molecule has 18 heavy (non-hydrogen) atoms. The van der Waals surface area contributed by atoms with E-state index in [1.165, 1.54) is 11.5 Å². The number of amides is 1. The predicted octanol–water partition coefficient (Wildman–Crippen LogP) is 1.34. The number of carbonyl (C=O) groups is 1. The van der Waals surface area contributed by atoms with E-state index in [0.717, 1.165) is 23.5 Å². The molecule has 1 atom stereocenters. The van der Waals surface area contributed by atoms with Gasteiger partial charge in [0.05, 0.1) is 17.4 Å². The quantitative estimate of drug-likeness (QED) is 0.846. The molecule has 1 aromatic rings. The molecule has 5 nitrogen and oxygen atoms in total. The number of aliphatic hydroxyl groups excluding tert-OH is 1. The van der Waals surface area contributed by atoms with Gasteiger partial charge < -0.3 is 15.3 Å². The summed E-state index contributed by atoms with van der Waals surface area (Å²) >= 11 is 1.29. The lowest BCUT2D eigenvalue weighted by atomic mass is 10.2. The van der Waals surface area contributed by atoms with Gasteiger partial charge >= 0.3 is 0 Å². The smallest absolute Gasteiger partial charge is 0.258 e. The molecule has 1 heterocycles. The Balaban J connectivity index is 2.07. The van der Waals surface area contributed by atoms with Gasteiger partial charge in [-0.15, -0.1) is 0 Å². The number of anilines is 1. The van der Waals surface area contributed by atoms with Crippen LogP contribution in [0.1, 0.15) is 28.9 Å². The molecule has 1 saturated carbocycles. The van der Waals surface area contributed by atoms with Gasteiger partial charge in [0, 0.05) is 20.6 Å².